The largest absolute Gasteiger partial charge is 0.398 e. The Morgan fingerprint density at radius 1 is 1.25 bits per heavy atom. The number of carbonyl (C=O) groups is 1. The molecule has 2 aromatic rings. The summed E-state index contributed by atoms with van der Waals surface area (Å²) in [5.74, 6) is -0.0736. The number of anilines is 1. The molecule has 1 amide bonds. The number of nitrogen functional groups attached to an aromatic ring is 1. The van der Waals surface area contributed by atoms with Gasteiger partial charge < -0.3 is 10.6 Å². The lowest BCUT2D eigenvalue weighted by Gasteiger charge is -2.26. The normalized spacial score (nSPS) is 11.9. The maximum Gasteiger partial charge on any atom is 0.256 e. The number of rotatable bonds is 3. The molecule has 20 heavy (non-hydrogen) atoms. The monoisotopic (exact) mass is 269 g/mol. The van der Waals surface area contributed by atoms with Gasteiger partial charge in [-0.1, -0.05) is 11.6 Å². The number of hydrogen-bond donors (Lipinski definition) is 1. The molecule has 0 aliphatic rings. The Morgan fingerprint density at radius 2 is 1.90 bits per heavy atom. The zero-order chi connectivity index (χ0) is 14.7. The van der Waals surface area contributed by atoms with E-state index < -0.39 is 0 Å². The Hall–Kier alpha value is -2.36. The van der Waals surface area contributed by atoms with Crippen molar-refractivity contribution < 1.29 is 4.79 Å². The van der Waals surface area contributed by atoms with Gasteiger partial charge in [-0.25, -0.2) is 0 Å². The van der Waals surface area contributed by atoms with Crippen LogP contribution in [0, 0.1) is 6.92 Å². The van der Waals surface area contributed by atoms with Gasteiger partial charge in [-0.2, -0.15) is 0 Å². The van der Waals surface area contributed by atoms with Gasteiger partial charge in [0.2, 0.25) is 0 Å². The second kappa shape index (κ2) is 5.74. The van der Waals surface area contributed by atoms with E-state index in [4.69, 9.17) is 5.73 Å². The molecule has 2 N–H and O–H groups in total. The van der Waals surface area contributed by atoms with Crippen LogP contribution in [0.15, 0.2) is 42.7 Å². The lowest BCUT2D eigenvalue weighted by atomic mass is 10.1. The maximum atomic E-state index is 12.6. The van der Waals surface area contributed by atoms with Crippen LogP contribution in [0.5, 0.6) is 0 Å². The van der Waals surface area contributed by atoms with Crippen LogP contribution in [0.3, 0.4) is 0 Å². The predicted octanol–water partition coefficient (Wildman–Crippen LogP) is 2.81. The molecule has 1 unspecified atom stereocenters. The van der Waals surface area contributed by atoms with Crippen LogP contribution in [-0.4, -0.2) is 22.8 Å². The van der Waals surface area contributed by atoms with Crippen molar-refractivity contribution in [2.45, 2.75) is 19.9 Å². The number of amides is 1. The summed E-state index contributed by atoms with van der Waals surface area (Å²) in [5.41, 5.74) is 9.03. The fourth-order valence-electron chi connectivity index (χ4n) is 2.09. The molecule has 1 heterocycles. The van der Waals surface area contributed by atoms with Crippen LogP contribution >= 0.6 is 0 Å². The van der Waals surface area contributed by atoms with E-state index in [9.17, 15) is 4.79 Å². The van der Waals surface area contributed by atoms with Crippen molar-refractivity contribution >= 4 is 11.6 Å². The molecular weight excluding hydrogens is 250 g/mol. The van der Waals surface area contributed by atoms with Crippen LogP contribution < -0.4 is 5.73 Å². The van der Waals surface area contributed by atoms with E-state index >= 15 is 0 Å². The number of pyridine rings is 1. The molecule has 4 heteroatoms. The van der Waals surface area contributed by atoms with Gasteiger partial charge >= 0.3 is 0 Å². The topological polar surface area (TPSA) is 59.2 Å². The van der Waals surface area contributed by atoms with Crippen LogP contribution in [0.25, 0.3) is 0 Å². The van der Waals surface area contributed by atoms with Crippen LogP contribution in [0.4, 0.5) is 5.69 Å². The van der Waals surface area contributed by atoms with Crippen LogP contribution in [-0.2, 0) is 0 Å². The van der Waals surface area contributed by atoms with E-state index in [1.54, 1.807) is 30.4 Å². The van der Waals surface area contributed by atoms with Gasteiger partial charge in [0.1, 0.15) is 0 Å². The summed E-state index contributed by atoms with van der Waals surface area (Å²) in [6.07, 6.45) is 3.45. The molecule has 0 saturated carbocycles. The molecule has 0 aliphatic heterocycles. The molecular formula is C16H19N3O. The van der Waals surface area contributed by atoms with Crippen molar-refractivity contribution in [3.63, 3.8) is 0 Å². The average Bonchev–Trinajstić information content (AvgIpc) is 2.48. The highest BCUT2D eigenvalue weighted by atomic mass is 16.2. The van der Waals surface area contributed by atoms with Gasteiger partial charge in [-0.3, -0.25) is 9.78 Å². The molecule has 1 aromatic heterocycles. The van der Waals surface area contributed by atoms with Crippen molar-refractivity contribution in [1.82, 2.24) is 9.88 Å². The summed E-state index contributed by atoms with van der Waals surface area (Å²) < 4.78 is 0. The summed E-state index contributed by atoms with van der Waals surface area (Å²) in [5, 5.41) is 0. The molecule has 1 aromatic carbocycles. The van der Waals surface area contributed by atoms with Crippen molar-refractivity contribution in [3.8, 4) is 0 Å². The Labute approximate surface area is 119 Å². The second-order valence-electron chi connectivity index (χ2n) is 4.96. The minimum atomic E-state index is -0.0736. The van der Waals surface area contributed by atoms with Gasteiger partial charge in [-0.15, -0.1) is 0 Å². The zero-order valence-electron chi connectivity index (χ0n) is 12.0. The lowest BCUT2D eigenvalue weighted by Crippen LogP contribution is -2.30. The molecule has 1 atom stereocenters. The Morgan fingerprint density at radius 3 is 2.55 bits per heavy atom. The summed E-state index contributed by atoms with van der Waals surface area (Å²) in [6.45, 7) is 3.93. The van der Waals surface area contributed by atoms with Gasteiger partial charge in [0, 0.05) is 25.1 Å². The molecule has 0 spiro atoms. The first-order chi connectivity index (χ1) is 9.50. The van der Waals surface area contributed by atoms with Crippen LogP contribution in [0.1, 0.15) is 34.5 Å². The molecule has 2 rings (SSSR count). The fraction of sp³-hybridized carbons (Fsp3) is 0.250. The predicted molar refractivity (Wildman–Crippen MR) is 80.3 cm³/mol. The number of nitrogens with two attached hydrogens (primary N) is 1. The van der Waals surface area contributed by atoms with E-state index in [1.807, 2.05) is 38.1 Å². The standard InChI is InChI=1S/C16H19N3O/c1-11-4-5-15(17)14(10-11)16(20)19(3)12(2)13-6-8-18-9-7-13/h4-10,12H,17H2,1-3H3. The van der Waals surface area contributed by atoms with E-state index in [0.29, 0.717) is 11.3 Å². The molecule has 0 radical (unpaired) electrons. The van der Waals surface area contributed by atoms with E-state index in [1.165, 1.54) is 0 Å². The average molecular weight is 269 g/mol. The number of hydrogen-bond acceptors (Lipinski definition) is 3. The highest BCUT2D eigenvalue weighted by Gasteiger charge is 2.20. The van der Waals surface area contributed by atoms with Crippen LogP contribution in [0.2, 0.25) is 0 Å². The molecule has 4 nitrogen and oxygen atoms in total. The summed E-state index contributed by atoms with van der Waals surface area (Å²) >= 11 is 0. The minimum Gasteiger partial charge on any atom is -0.398 e. The number of aryl methyl sites for hydroxylation is 1. The molecule has 104 valence electrons. The summed E-state index contributed by atoms with van der Waals surface area (Å²) in [6, 6.07) is 9.28. The first-order valence-electron chi connectivity index (χ1n) is 6.54. The minimum absolute atomic E-state index is 0.0367. The smallest absolute Gasteiger partial charge is 0.256 e. The fourth-order valence-corrected chi connectivity index (χ4v) is 2.09. The molecule has 0 saturated heterocycles. The van der Waals surface area contributed by atoms with Gasteiger partial charge in [-0.05, 0) is 43.7 Å². The van der Waals surface area contributed by atoms with Gasteiger partial charge in [0.25, 0.3) is 5.91 Å². The zero-order valence-corrected chi connectivity index (χ0v) is 12.0. The molecule has 0 bridgehead atoms. The Kier molecular flexibility index (Phi) is 4.03. The SMILES string of the molecule is Cc1ccc(N)c(C(=O)N(C)C(C)c2ccncc2)c1. The van der Waals surface area contributed by atoms with Gasteiger partial charge in [0.15, 0.2) is 0 Å². The third kappa shape index (κ3) is 2.79. The molecule has 0 aliphatic carbocycles. The third-order valence-corrected chi connectivity index (χ3v) is 3.53. The van der Waals surface area contributed by atoms with E-state index in [2.05, 4.69) is 4.98 Å². The Bertz CT molecular complexity index is 610. The summed E-state index contributed by atoms with van der Waals surface area (Å²) in [7, 11) is 1.79. The summed E-state index contributed by atoms with van der Waals surface area (Å²) in [4.78, 5) is 18.3. The number of nitrogens with zero attached hydrogens (tertiary/aromatic N) is 2. The number of benzene rings is 1. The third-order valence-electron chi connectivity index (χ3n) is 3.53. The van der Waals surface area contributed by atoms with Crippen molar-refractivity contribution in [3.05, 3.63) is 59.4 Å². The maximum absolute atomic E-state index is 12.6. The Balaban J connectivity index is 2.27. The second-order valence-corrected chi connectivity index (χ2v) is 4.96. The van der Waals surface area contributed by atoms with Crippen molar-refractivity contribution in [2.24, 2.45) is 0 Å². The van der Waals surface area contributed by atoms with E-state index in [0.717, 1.165) is 11.1 Å². The highest BCUT2D eigenvalue weighted by molar-refractivity contribution is 5.99. The highest BCUT2D eigenvalue weighted by Crippen LogP contribution is 2.22. The first-order valence-corrected chi connectivity index (χ1v) is 6.54. The lowest BCUT2D eigenvalue weighted by molar-refractivity contribution is 0.0743. The van der Waals surface area contributed by atoms with Crippen molar-refractivity contribution in [1.29, 1.82) is 0 Å². The number of carbonyl (C=O) groups excluding carboxylic acids is 1. The first kappa shape index (κ1) is 14.1. The quantitative estimate of drug-likeness (QED) is 0.872. The van der Waals surface area contributed by atoms with E-state index in [-0.39, 0.29) is 11.9 Å². The molecule has 0 fully saturated rings. The van der Waals surface area contributed by atoms with Crippen molar-refractivity contribution in [2.75, 3.05) is 12.8 Å². The number of aromatic nitrogens is 1. The van der Waals surface area contributed by atoms with Gasteiger partial charge in [0.05, 0.1) is 11.6 Å².